The van der Waals surface area contributed by atoms with E-state index in [1.807, 2.05) is 24.3 Å². The molecule has 0 aliphatic carbocycles. The number of pyridine rings is 1. The maximum atomic E-state index is 13.1. The number of carbonyl (C=O) groups excluding carboxylic acids is 1. The van der Waals surface area contributed by atoms with E-state index >= 15 is 0 Å². The van der Waals surface area contributed by atoms with E-state index < -0.39 is 17.3 Å². The van der Waals surface area contributed by atoms with E-state index in [4.69, 9.17) is 5.26 Å². The molecule has 0 bridgehead atoms. The van der Waals surface area contributed by atoms with Crippen LogP contribution in [-0.2, 0) is 11.0 Å². The lowest BCUT2D eigenvalue weighted by Gasteiger charge is -2.12. The molecule has 3 aromatic rings. The second-order valence-corrected chi connectivity index (χ2v) is 7.85. The number of hydrogen-bond acceptors (Lipinski definition) is 6. The molecule has 0 aliphatic rings. The van der Waals surface area contributed by atoms with Gasteiger partial charge in [-0.1, -0.05) is 23.5 Å². The number of carbonyl (C=O) groups is 1. The molecule has 0 saturated heterocycles. The fourth-order valence-corrected chi connectivity index (χ4v) is 4.30. The predicted molar refractivity (Wildman–Crippen MR) is 102 cm³/mol. The number of nitrogens with zero attached hydrogens (tertiary/aromatic N) is 3. The number of para-hydroxylation sites is 1. The highest BCUT2D eigenvalue weighted by Gasteiger charge is 2.35. The van der Waals surface area contributed by atoms with Crippen LogP contribution in [0.4, 0.5) is 18.3 Å². The molecule has 28 heavy (non-hydrogen) atoms. The van der Waals surface area contributed by atoms with E-state index in [1.54, 1.807) is 6.07 Å². The molecule has 2 aromatic heterocycles. The lowest BCUT2D eigenvalue weighted by Crippen LogP contribution is -2.13. The first kappa shape index (κ1) is 20.1. The number of nitrogens with one attached hydrogen (secondary N) is 1. The Balaban J connectivity index is 1.65. The van der Waals surface area contributed by atoms with Crippen molar-refractivity contribution in [2.45, 2.75) is 24.5 Å². The Labute approximate surface area is 166 Å². The van der Waals surface area contributed by atoms with E-state index in [0.717, 1.165) is 28.0 Å². The Morgan fingerprint density at radius 3 is 2.75 bits per heavy atom. The number of nitriles is 1. The van der Waals surface area contributed by atoms with Crippen molar-refractivity contribution < 1.29 is 18.0 Å². The number of benzene rings is 1. The van der Waals surface area contributed by atoms with Crippen molar-refractivity contribution in [1.82, 2.24) is 9.97 Å². The number of rotatable bonds is 5. The molecule has 0 atom stereocenters. The average Bonchev–Trinajstić information content (AvgIpc) is 3.02. The number of hydrogen-bond donors (Lipinski definition) is 1. The first-order chi connectivity index (χ1) is 13.3. The minimum atomic E-state index is -4.64. The molecule has 0 aliphatic heterocycles. The van der Waals surface area contributed by atoms with Crippen LogP contribution in [0.2, 0.25) is 0 Å². The molecule has 0 radical (unpaired) electrons. The fourth-order valence-electron chi connectivity index (χ4n) is 2.43. The second kappa shape index (κ2) is 8.16. The molecule has 1 N–H and O–H groups in total. The van der Waals surface area contributed by atoms with E-state index in [2.05, 4.69) is 15.3 Å². The molecule has 1 amide bonds. The summed E-state index contributed by atoms with van der Waals surface area (Å²) in [5.41, 5.74) is -0.592. The van der Waals surface area contributed by atoms with Gasteiger partial charge in [0, 0.05) is 17.9 Å². The van der Waals surface area contributed by atoms with Gasteiger partial charge in [0.1, 0.15) is 11.1 Å². The number of aryl methyl sites for hydroxylation is 1. The van der Waals surface area contributed by atoms with Crippen molar-refractivity contribution in [3.05, 3.63) is 47.2 Å². The summed E-state index contributed by atoms with van der Waals surface area (Å²) in [5, 5.41) is 12.3. The molecule has 0 saturated carbocycles. The zero-order chi connectivity index (χ0) is 20.3. The Hall–Kier alpha value is -2.64. The van der Waals surface area contributed by atoms with Crippen molar-refractivity contribution in [2.24, 2.45) is 0 Å². The Morgan fingerprint density at radius 2 is 2.07 bits per heavy atom. The van der Waals surface area contributed by atoms with Gasteiger partial charge in [-0.15, -0.1) is 11.8 Å². The van der Waals surface area contributed by atoms with Crippen LogP contribution in [0.25, 0.3) is 10.2 Å². The number of halogens is 3. The number of amides is 1. The summed E-state index contributed by atoms with van der Waals surface area (Å²) >= 11 is 2.29. The molecule has 0 unspecified atom stereocenters. The molecular weight excluding hydrogens is 409 g/mol. The molecule has 3 rings (SSSR count). The highest BCUT2D eigenvalue weighted by molar-refractivity contribution is 7.99. The molecule has 144 valence electrons. The van der Waals surface area contributed by atoms with Gasteiger partial charge in [0.2, 0.25) is 5.91 Å². The van der Waals surface area contributed by atoms with Gasteiger partial charge in [0.05, 0.1) is 21.3 Å². The topological polar surface area (TPSA) is 78.7 Å². The smallest absolute Gasteiger partial charge is 0.302 e. The summed E-state index contributed by atoms with van der Waals surface area (Å²) in [5.74, 6) is -0.132. The van der Waals surface area contributed by atoms with Gasteiger partial charge in [0.25, 0.3) is 0 Å². The van der Waals surface area contributed by atoms with Crippen LogP contribution in [0.3, 0.4) is 0 Å². The van der Waals surface area contributed by atoms with Crippen molar-refractivity contribution in [3.8, 4) is 6.07 Å². The Kier molecular flexibility index (Phi) is 5.86. The van der Waals surface area contributed by atoms with Gasteiger partial charge in [-0.2, -0.15) is 18.4 Å². The summed E-state index contributed by atoms with van der Waals surface area (Å²) in [6.45, 7) is 1.43. The lowest BCUT2D eigenvalue weighted by atomic mass is 10.1. The zero-order valence-corrected chi connectivity index (χ0v) is 16.1. The summed E-state index contributed by atoms with van der Waals surface area (Å²) in [7, 11) is 0. The number of thioether (sulfide) groups is 1. The average molecular weight is 422 g/mol. The standard InChI is InChI=1S/C18H13F3N4OS2/c1-10-8-12(18(19,20)21)11(9-22)16(23-10)27-7-6-15(26)25-17-24-13-4-2-3-5-14(13)28-17/h2-5,8H,6-7H2,1H3,(H,24,25,26). The third kappa shape index (κ3) is 4.61. The summed E-state index contributed by atoms with van der Waals surface area (Å²) in [6.07, 6.45) is -4.60. The van der Waals surface area contributed by atoms with Crippen molar-refractivity contribution in [1.29, 1.82) is 5.26 Å². The van der Waals surface area contributed by atoms with Crippen LogP contribution in [0.5, 0.6) is 0 Å². The Bertz CT molecular complexity index is 1040. The number of alkyl halides is 3. The molecule has 2 heterocycles. The zero-order valence-electron chi connectivity index (χ0n) is 14.5. The number of aromatic nitrogens is 2. The highest BCUT2D eigenvalue weighted by atomic mass is 32.2. The van der Waals surface area contributed by atoms with Gasteiger partial charge < -0.3 is 5.32 Å². The molecule has 5 nitrogen and oxygen atoms in total. The highest BCUT2D eigenvalue weighted by Crippen LogP contribution is 2.36. The summed E-state index contributed by atoms with van der Waals surface area (Å²) < 4.78 is 40.3. The van der Waals surface area contributed by atoms with Gasteiger partial charge in [-0.25, -0.2) is 9.97 Å². The van der Waals surface area contributed by atoms with E-state index in [9.17, 15) is 18.0 Å². The maximum absolute atomic E-state index is 13.1. The Morgan fingerprint density at radius 1 is 1.32 bits per heavy atom. The predicted octanol–water partition coefficient (Wildman–Crippen LogP) is 5.01. The summed E-state index contributed by atoms with van der Waals surface area (Å²) in [6, 6.07) is 9.88. The third-order valence-electron chi connectivity index (χ3n) is 3.64. The SMILES string of the molecule is Cc1cc(C(F)(F)F)c(C#N)c(SCCC(=O)Nc2nc3ccccc3s2)n1. The monoisotopic (exact) mass is 422 g/mol. The van der Waals surface area contributed by atoms with E-state index in [1.165, 1.54) is 18.3 Å². The molecule has 1 aromatic carbocycles. The van der Waals surface area contributed by atoms with Crippen LogP contribution in [0.1, 0.15) is 23.2 Å². The fraction of sp³-hybridized carbons (Fsp3) is 0.222. The third-order valence-corrected chi connectivity index (χ3v) is 5.57. The van der Waals surface area contributed by atoms with Crippen molar-refractivity contribution in [2.75, 3.05) is 11.1 Å². The van der Waals surface area contributed by atoms with E-state index in [0.29, 0.717) is 5.13 Å². The first-order valence-electron chi connectivity index (χ1n) is 8.05. The summed E-state index contributed by atoms with van der Waals surface area (Å²) in [4.78, 5) is 20.4. The van der Waals surface area contributed by atoms with Crippen LogP contribution in [0, 0.1) is 18.3 Å². The normalized spacial score (nSPS) is 11.4. The minimum Gasteiger partial charge on any atom is -0.302 e. The van der Waals surface area contributed by atoms with Crippen LogP contribution in [-0.4, -0.2) is 21.6 Å². The second-order valence-electron chi connectivity index (χ2n) is 5.73. The number of thiazole rings is 1. The van der Waals surface area contributed by atoms with Gasteiger partial charge >= 0.3 is 6.18 Å². The van der Waals surface area contributed by atoms with Crippen molar-refractivity contribution >= 4 is 44.4 Å². The number of anilines is 1. The van der Waals surface area contributed by atoms with Gasteiger partial charge in [0.15, 0.2) is 5.13 Å². The van der Waals surface area contributed by atoms with Crippen LogP contribution >= 0.6 is 23.1 Å². The van der Waals surface area contributed by atoms with Gasteiger partial charge in [-0.3, -0.25) is 4.79 Å². The molecule has 0 fully saturated rings. The van der Waals surface area contributed by atoms with Crippen LogP contribution < -0.4 is 5.32 Å². The quantitative estimate of drug-likeness (QED) is 0.585. The first-order valence-corrected chi connectivity index (χ1v) is 9.85. The maximum Gasteiger partial charge on any atom is 0.417 e. The van der Waals surface area contributed by atoms with Crippen molar-refractivity contribution in [3.63, 3.8) is 0 Å². The largest absolute Gasteiger partial charge is 0.417 e. The number of fused-ring (bicyclic) bond motifs is 1. The van der Waals surface area contributed by atoms with Crippen LogP contribution in [0.15, 0.2) is 35.4 Å². The molecule has 10 heteroatoms. The molecule has 0 spiro atoms. The lowest BCUT2D eigenvalue weighted by molar-refractivity contribution is -0.138. The van der Waals surface area contributed by atoms with E-state index in [-0.39, 0.29) is 28.8 Å². The minimum absolute atomic E-state index is 0.0254. The van der Waals surface area contributed by atoms with Gasteiger partial charge in [-0.05, 0) is 25.1 Å². The molecular formula is C18H13F3N4OS2.